The van der Waals surface area contributed by atoms with Gasteiger partial charge in [0.05, 0.1) is 16.5 Å². The number of hydrogen-bond donors (Lipinski definition) is 1. The molecule has 0 saturated carbocycles. The fourth-order valence-electron chi connectivity index (χ4n) is 1.58. The van der Waals surface area contributed by atoms with Crippen molar-refractivity contribution in [3.63, 3.8) is 0 Å². The van der Waals surface area contributed by atoms with Gasteiger partial charge >= 0.3 is 0 Å². The summed E-state index contributed by atoms with van der Waals surface area (Å²) in [5.74, 6) is 0. The molecule has 0 amide bonds. The van der Waals surface area contributed by atoms with Crippen molar-refractivity contribution in [2.24, 2.45) is 0 Å². The molecule has 1 aromatic carbocycles. The van der Waals surface area contributed by atoms with Crippen molar-refractivity contribution in [2.45, 2.75) is 10.3 Å². The van der Waals surface area contributed by atoms with Crippen LogP contribution in [-0.2, 0) is 14.6 Å². The Kier molecular flexibility index (Phi) is 3.95. The highest BCUT2D eigenvalue weighted by molar-refractivity contribution is 7.92. The van der Waals surface area contributed by atoms with Crippen molar-refractivity contribution < 1.29 is 13.2 Å². The lowest BCUT2D eigenvalue weighted by Crippen LogP contribution is -2.43. The van der Waals surface area contributed by atoms with Gasteiger partial charge in [-0.05, 0) is 18.2 Å². The van der Waals surface area contributed by atoms with Gasteiger partial charge in [-0.3, -0.25) is 0 Å². The summed E-state index contributed by atoms with van der Waals surface area (Å²) < 4.78 is 29.7. The predicted octanol–water partition coefficient (Wildman–Crippen LogP) is 1.71. The van der Waals surface area contributed by atoms with Crippen LogP contribution >= 0.6 is 23.2 Å². The van der Waals surface area contributed by atoms with Gasteiger partial charge in [-0.15, -0.1) is 0 Å². The third-order valence-corrected chi connectivity index (χ3v) is 5.06. The Bertz CT molecular complexity index is 512. The molecule has 1 saturated heterocycles. The van der Waals surface area contributed by atoms with E-state index in [4.69, 9.17) is 27.9 Å². The Labute approximate surface area is 110 Å². The fourth-order valence-corrected chi connectivity index (χ4v) is 3.78. The van der Waals surface area contributed by atoms with E-state index in [1.165, 1.54) is 12.1 Å². The lowest BCUT2D eigenvalue weighted by Gasteiger charge is -2.23. The lowest BCUT2D eigenvalue weighted by atomic mass is 10.4. The Morgan fingerprint density at radius 3 is 2.76 bits per heavy atom. The summed E-state index contributed by atoms with van der Waals surface area (Å²) >= 11 is 11.7. The molecule has 17 heavy (non-hydrogen) atoms. The van der Waals surface area contributed by atoms with Crippen molar-refractivity contribution in [2.75, 3.05) is 19.7 Å². The molecule has 94 valence electrons. The highest BCUT2D eigenvalue weighted by Crippen LogP contribution is 2.28. The standard InChI is InChI=1S/C10H11Cl2NO3S/c11-7-1-2-8(12)9(5-7)17(14,15)10-6-13-3-4-16-10/h1-2,5,10,13H,3-4,6H2. The molecule has 1 aliphatic rings. The number of sulfone groups is 1. The normalized spacial score (nSPS) is 21.4. The molecule has 1 aromatic rings. The average molecular weight is 296 g/mol. The molecule has 0 aliphatic carbocycles. The Morgan fingerprint density at radius 1 is 1.35 bits per heavy atom. The maximum Gasteiger partial charge on any atom is 0.207 e. The van der Waals surface area contributed by atoms with Crippen LogP contribution in [-0.4, -0.2) is 33.6 Å². The summed E-state index contributed by atoms with van der Waals surface area (Å²) in [6, 6.07) is 4.35. The van der Waals surface area contributed by atoms with Crippen molar-refractivity contribution in [3.8, 4) is 0 Å². The highest BCUT2D eigenvalue weighted by atomic mass is 35.5. The molecule has 0 aromatic heterocycles. The summed E-state index contributed by atoms with van der Waals surface area (Å²) in [7, 11) is -3.62. The molecule has 0 bridgehead atoms. The van der Waals surface area contributed by atoms with Crippen LogP contribution in [0.25, 0.3) is 0 Å². The molecule has 0 radical (unpaired) electrons. The maximum absolute atomic E-state index is 12.3. The van der Waals surface area contributed by atoms with Gasteiger partial charge in [0.15, 0.2) is 5.44 Å². The SMILES string of the molecule is O=S(=O)(c1cc(Cl)ccc1Cl)C1CNCCO1. The third kappa shape index (κ3) is 2.74. The molecule has 4 nitrogen and oxygen atoms in total. The molecular weight excluding hydrogens is 285 g/mol. The Balaban J connectivity index is 2.40. The molecule has 0 spiro atoms. The minimum atomic E-state index is -3.62. The van der Waals surface area contributed by atoms with Crippen molar-refractivity contribution in [1.82, 2.24) is 5.32 Å². The second-order valence-corrected chi connectivity index (χ2v) is 6.52. The summed E-state index contributed by atoms with van der Waals surface area (Å²) in [4.78, 5) is 0.0142. The fraction of sp³-hybridized carbons (Fsp3) is 0.400. The molecule has 1 atom stereocenters. The Morgan fingerprint density at radius 2 is 2.12 bits per heavy atom. The van der Waals surface area contributed by atoms with Crippen LogP contribution in [0.1, 0.15) is 0 Å². The molecule has 7 heteroatoms. The van der Waals surface area contributed by atoms with E-state index in [1.807, 2.05) is 0 Å². The number of nitrogens with one attached hydrogen (secondary N) is 1. The van der Waals surface area contributed by atoms with Crippen LogP contribution in [0, 0.1) is 0 Å². The van der Waals surface area contributed by atoms with Gasteiger partial charge in [0.1, 0.15) is 0 Å². The predicted molar refractivity (Wildman–Crippen MR) is 66.3 cm³/mol. The molecular formula is C10H11Cl2NO3S. The van der Waals surface area contributed by atoms with E-state index < -0.39 is 15.3 Å². The zero-order chi connectivity index (χ0) is 12.5. The van der Waals surface area contributed by atoms with E-state index in [0.29, 0.717) is 18.2 Å². The minimum absolute atomic E-state index is 0.0142. The average Bonchev–Trinajstić information content (AvgIpc) is 2.33. The van der Waals surface area contributed by atoms with E-state index in [9.17, 15) is 8.42 Å². The second kappa shape index (κ2) is 5.12. The van der Waals surface area contributed by atoms with Gasteiger partial charge in [-0.1, -0.05) is 23.2 Å². The van der Waals surface area contributed by atoms with Gasteiger partial charge in [0, 0.05) is 18.1 Å². The van der Waals surface area contributed by atoms with Crippen LogP contribution in [0.2, 0.25) is 10.0 Å². The first kappa shape index (κ1) is 13.1. The van der Waals surface area contributed by atoms with Gasteiger partial charge in [0.2, 0.25) is 9.84 Å². The smallest absolute Gasteiger partial charge is 0.207 e. The van der Waals surface area contributed by atoms with E-state index in [-0.39, 0.29) is 16.5 Å². The number of hydrogen-bond acceptors (Lipinski definition) is 4. The number of ether oxygens (including phenoxy) is 1. The van der Waals surface area contributed by atoms with Gasteiger partial charge in [0.25, 0.3) is 0 Å². The number of morpholine rings is 1. The van der Waals surface area contributed by atoms with E-state index >= 15 is 0 Å². The van der Waals surface area contributed by atoms with E-state index in [2.05, 4.69) is 5.32 Å². The summed E-state index contributed by atoms with van der Waals surface area (Å²) in [6.07, 6.45) is 0. The molecule has 1 heterocycles. The second-order valence-electron chi connectivity index (χ2n) is 3.62. The van der Waals surface area contributed by atoms with Crippen LogP contribution in [0.4, 0.5) is 0 Å². The molecule has 1 aliphatic heterocycles. The molecule has 2 rings (SSSR count). The minimum Gasteiger partial charge on any atom is -0.359 e. The number of rotatable bonds is 2. The zero-order valence-electron chi connectivity index (χ0n) is 8.82. The number of halogens is 2. The highest BCUT2D eigenvalue weighted by Gasteiger charge is 2.31. The summed E-state index contributed by atoms with van der Waals surface area (Å²) in [6.45, 7) is 1.27. The Hall–Kier alpha value is -0.330. The zero-order valence-corrected chi connectivity index (χ0v) is 11.1. The van der Waals surface area contributed by atoms with Crippen molar-refractivity contribution >= 4 is 33.0 Å². The van der Waals surface area contributed by atoms with Crippen LogP contribution in [0.3, 0.4) is 0 Å². The summed E-state index contributed by atoms with van der Waals surface area (Å²) in [5, 5.41) is 3.45. The van der Waals surface area contributed by atoms with E-state index in [1.54, 1.807) is 6.07 Å². The van der Waals surface area contributed by atoms with Crippen LogP contribution in [0.5, 0.6) is 0 Å². The van der Waals surface area contributed by atoms with Crippen molar-refractivity contribution in [1.29, 1.82) is 0 Å². The number of benzene rings is 1. The first-order valence-electron chi connectivity index (χ1n) is 5.03. The van der Waals surface area contributed by atoms with Crippen LogP contribution in [0.15, 0.2) is 23.1 Å². The topological polar surface area (TPSA) is 55.4 Å². The molecule has 1 fully saturated rings. The first-order valence-corrected chi connectivity index (χ1v) is 7.33. The molecule has 1 unspecified atom stereocenters. The summed E-state index contributed by atoms with van der Waals surface area (Å²) in [5.41, 5.74) is -0.910. The quantitative estimate of drug-likeness (QED) is 0.902. The van der Waals surface area contributed by atoms with Crippen molar-refractivity contribution in [3.05, 3.63) is 28.2 Å². The van der Waals surface area contributed by atoms with E-state index in [0.717, 1.165) is 0 Å². The van der Waals surface area contributed by atoms with Gasteiger partial charge < -0.3 is 10.1 Å². The first-order chi connectivity index (χ1) is 8.01. The van der Waals surface area contributed by atoms with Gasteiger partial charge in [-0.2, -0.15) is 0 Å². The largest absolute Gasteiger partial charge is 0.359 e. The maximum atomic E-state index is 12.3. The monoisotopic (exact) mass is 295 g/mol. The lowest BCUT2D eigenvalue weighted by molar-refractivity contribution is 0.0785. The molecule has 1 N–H and O–H groups in total. The third-order valence-electron chi connectivity index (χ3n) is 2.44. The van der Waals surface area contributed by atoms with Gasteiger partial charge in [-0.25, -0.2) is 8.42 Å². The van der Waals surface area contributed by atoms with Crippen LogP contribution < -0.4 is 5.32 Å².